The summed E-state index contributed by atoms with van der Waals surface area (Å²) >= 11 is 0. The second-order valence-electron chi connectivity index (χ2n) is 10.1. The van der Waals surface area contributed by atoms with Crippen LogP contribution in [0.2, 0.25) is 0 Å². The van der Waals surface area contributed by atoms with Crippen LogP contribution >= 0.6 is 0 Å². The lowest BCUT2D eigenvalue weighted by molar-refractivity contribution is -0.103. The van der Waals surface area contributed by atoms with Crippen LogP contribution in [0.25, 0.3) is 0 Å². The zero-order valence-electron chi connectivity index (χ0n) is 21.6. The summed E-state index contributed by atoms with van der Waals surface area (Å²) in [5, 5.41) is 2.30. The molecule has 4 rings (SSSR count). The first-order chi connectivity index (χ1) is 16.8. The maximum absolute atomic E-state index is 6.38. The van der Waals surface area contributed by atoms with Crippen LogP contribution in [0.15, 0.2) is 85.2 Å². The predicted molar refractivity (Wildman–Crippen MR) is 146 cm³/mol. The van der Waals surface area contributed by atoms with Crippen molar-refractivity contribution >= 4 is 19.4 Å². The lowest BCUT2D eigenvalue weighted by Gasteiger charge is -2.29. The summed E-state index contributed by atoms with van der Waals surface area (Å²) in [7, 11) is -1.60. The fourth-order valence-electron chi connectivity index (χ4n) is 4.87. The van der Waals surface area contributed by atoms with Crippen molar-refractivity contribution in [2.45, 2.75) is 53.4 Å². The van der Waals surface area contributed by atoms with Crippen LogP contribution in [-0.4, -0.2) is 14.0 Å². The van der Waals surface area contributed by atoms with E-state index in [4.69, 9.17) is 9.46 Å². The lowest BCUT2D eigenvalue weighted by atomic mass is 9.77. The van der Waals surface area contributed by atoms with Crippen molar-refractivity contribution < 1.29 is 9.46 Å². The monoisotopic (exact) mass is 480 g/mol. The normalized spacial score (nSPS) is 11.6. The van der Waals surface area contributed by atoms with E-state index in [0.29, 0.717) is 0 Å². The third-order valence-electron chi connectivity index (χ3n) is 6.51. The molecule has 179 valence electrons. The van der Waals surface area contributed by atoms with Crippen molar-refractivity contribution in [3.8, 4) is 5.75 Å². The van der Waals surface area contributed by atoms with Gasteiger partial charge in [-0.3, -0.25) is 4.98 Å². The summed E-state index contributed by atoms with van der Waals surface area (Å²) in [6, 6.07) is 24.9. The van der Waals surface area contributed by atoms with E-state index in [-0.39, 0.29) is 5.41 Å². The Kier molecular flexibility index (Phi) is 7.53. The lowest BCUT2D eigenvalue weighted by Crippen LogP contribution is -2.45. The highest BCUT2D eigenvalue weighted by Gasteiger charge is 2.28. The van der Waals surface area contributed by atoms with Gasteiger partial charge in [0.15, 0.2) is 5.75 Å². The fraction of sp³-hybridized carbons (Fsp3) is 0.258. The van der Waals surface area contributed by atoms with Gasteiger partial charge in [0.05, 0.1) is 0 Å². The van der Waals surface area contributed by atoms with Gasteiger partial charge in [-0.05, 0) is 70.4 Å². The van der Waals surface area contributed by atoms with Crippen molar-refractivity contribution in [3.63, 3.8) is 0 Å². The van der Waals surface area contributed by atoms with Gasteiger partial charge < -0.3 is 4.89 Å². The van der Waals surface area contributed by atoms with Crippen LogP contribution in [-0.2, 0) is 16.4 Å². The molecule has 0 atom stereocenters. The van der Waals surface area contributed by atoms with E-state index >= 15 is 0 Å². The largest absolute Gasteiger partial charge is 0.348 e. The van der Waals surface area contributed by atoms with Crippen LogP contribution in [0.3, 0.4) is 0 Å². The third kappa shape index (κ3) is 5.55. The maximum atomic E-state index is 6.38. The summed E-state index contributed by atoms with van der Waals surface area (Å²) in [6.45, 7) is 13.4. The van der Waals surface area contributed by atoms with E-state index in [9.17, 15) is 0 Å². The van der Waals surface area contributed by atoms with E-state index in [1.165, 1.54) is 16.7 Å². The summed E-state index contributed by atoms with van der Waals surface area (Å²) in [6.07, 6.45) is 4.48. The fourth-order valence-corrected chi connectivity index (χ4v) is 6.55. The minimum absolute atomic E-state index is 0.0189. The molecular formula is C31H34NO2Si. The second-order valence-corrected chi connectivity index (χ2v) is 12.1. The second kappa shape index (κ2) is 10.6. The summed E-state index contributed by atoms with van der Waals surface area (Å²) in [5.41, 5.74) is 7.35. The van der Waals surface area contributed by atoms with Gasteiger partial charge in [-0.25, -0.2) is 4.58 Å². The maximum Gasteiger partial charge on any atom is 0.347 e. The third-order valence-corrected chi connectivity index (χ3v) is 8.48. The molecular weight excluding hydrogens is 446 g/mol. The molecule has 0 aliphatic carbocycles. The molecule has 4 aromatic rings. The van der Waals surface area contributed by atoms with Crippen molar-refractivity contribution in [2.75, 3.05) is 0 Å². The predicted octanol–water partition coefficient (Wildman–Crippen LogP) is 6.01. The Bertz CT molecular complexity index is 1230. The topological polar surface area (TPSA) is 31.4 Å². The summed E-state index contributed by atoms with van der Waals surface area (Å²) in [5.74, 6) is 0.825. The van der Waals surface area contributed by atoms with Crippen molar-refractivity contribution in [3.05, 3.63) is 119 Å². The Labute approximate surface area is 211 Å². The average Bonchev–Trinajstić information content (AvgIpc) is 2.85. The zero-order chi connectivity index (χ0) is 25.0. The van der Waals surface area contributed by atoms with Crippen LogP contribution < -0.4 is 15.3 Å². The zero-order valence-corrected chi connectivity index (χ0v) is 22.6. The van der Waals surface area contributed by atoms with E-state index in [2.05, 4.69) is 101 Å². The molecule has 0 spiro atoms. The molecule has 0 bridgehead atoms. The van der Waals surface area contributed by atoms with Gasteiger partial charge in [-0.1, -0.05) is 87.5 Å². The molecule has 3 aromatic carbocycles. The molecule has 1 aromatic heterocycles. The van der Waals surface area contributed by atoms with Gasteiger partial charge in [-0.2, -0.15) is 0 Å². The van der Waals surface area contributed by atoms with E-state index in [1.54, 1.807) is 0 Å². The highest BCUT2D eigenvalue weighted by Crippen LogP contribution is 2.40. The van der Waals surface area contributed by atoms with Gasteiger partial charge in [0, 0.05) is 24.4 Å². The van der Waals surface area contributed by atoms with Gasteiger partial charge in [0.2, 0.25) is 0 Å². The van der Waals surface area contributed by atoms with Crippen molar-refractivity contribution in [2.24, 2.45) is 0 Å². The number of benzene rings is 3. The summed E-state index contributed by atoms with van der Waals surface area (Å²) < 4.78 is 6.38. The Hall–Kier alpha value is -3.21. The smallest absolute Gasteiger partial charge is 0.347 e. The number of rotatable bonds is 7. The first-order valence-electron chi connectivity index (χ1n) is 12.1. The molecule has 1 heterocycles. The summed E-state index contributed by atoms with van der Waals surface area (Å²) in [4.78, 5) is 10.7. The number of nitrogens with zero attached hydrogens (tertiary/aromatic N) is 1. The van der Waals surface area contributed by atoms with Gasteiger partial charge in [0.1, 0.15) is 0 Å². The Balaban J connectivity index is 1.79. The quantitative estimate of drug-likeness (QED) is 0.184. The van der Waals surface area contributed by atoms with Crippen LogP contribution in [0, 0.1) is 20.8 Å². The first-order valence-corrected chi connectivity index (χ1v) is 13.5. The molecule has 3 nitrogen and oxygen atoms in total. The highest BCUT2D eigenvalue weighted by molar-refractivity contribution is 6.79. The Morgan fingerprint density at radius 1 is 0.743 bits per heavy atom. The minimum atomic E-state index is -1.60. The molecule has 0 saturated heterocycles. The Morgan fingerprint density at radius 2 is 1.34 bits per heavy atom. The van der Waals surface area contributed by atoms with Crippen molar-refractivity contribution in [1.29, 1.82) is 0 Å². The molecule has 0 aliphatic rings. The number of pyridine rings is 1. The Morgan fingerprint density at radius 3 is 1.86 bits per heavy atom. The van der Waals surface area contributed by atoms with Gasteiger partial charge in [-0.15, -0.1) is 0 Å². The number of hydrogen-bond acceptors (Lipinski definition) is 3. The molecule has 0 unspecified atom stereocenters. The molecule has 0 fully saturated rings. The molecule has 0 N–H and O–H groups in total. The standard InChI is InChI=1S/C31H34NO2Si/c1-22-23(2)30(28(20-25-14-13-19-32-21-25)24(3)29(22)31(4,5)6)33-34-35(26-15-9-7-10-16-26)27-17-11-8-12-18-27/h7-19,21H,20H2,1-6H3. The van der Waals surface area contributed by atoms with E-state index in [0.717, 1.165) is 39.2 Å². The molecule has 0 saturated carbocycles. The van der Waals surface area contributed by atoms with Crippen molar-refractivity contribution in [1.82, 2.24) is 4.98 Å². The van der Waals surface area contributed by atoms with Crippen LogP contribution in [0.5, 0.6) is 5.75 Å². The first kappa shape index (κ1) is 24.9. The van der Waals surface area contributed by atoms with Gasteiger partial charge in [0.25, 0.3) is 0 Å². The molecule has 0 amide bonds. The van der Waals surface area contributed by atoms with Gasteiger partial charge >= 0.3 is 9.04 Å². The van der Waals surface area contributed by atoms with E-state index < -0.39 is 9.04 Å². The average molecular weight is 481 g/mol. The minimum Gasteiger partial charge on any atom is -0.348 e. The molecule has 1 radical (unpaired) electrons. The van der Waals surface area contributed by atoms with E-state index in [1.807, 2.05) is 30.6 Å². The van der Waals surface area contributed by atoms with Crippen LogP contribution in [0.4, 0.5) is 0 Å². The molecule has 4 heteroatoms. The van der Waals surface area contributed by atoms with Crippen LogP contribution in [0.1, 0.15) is 54.2 Å². The number of hydrogen-bond donors (Lipinski definition) is 0. The molecule has 0 aliphatic heterocycles. The number of aromatic nitrogens is 1. The highest BCUT2D eigenvalue weighted by atomic mass is 28.3. The SMILES string of the molecule is Cc1c(C)c(C(C)(C)C)c(C)c(Cc2cccnc2)c1OO[Si](c1ccccc1)c1ccccc1. The molecule has 35 heavy (non-hydrogen) atoms.